The van der Waals surface area contributed by atoms with Gasteiger partial charge in [-0.15, -0.1) is 12.4 Å². The maximum absolute atomic E-state index is 13.3. The fraction of sp³-hybridized carbons (Fsp3) is 0.333. The minimum absolute atomic E-state index is 0. The van der Waals surface area contributed by atoms with Gasteiger partial charge < -0.3 is 10.5 Å². The lowest BCUT2D eigenvalue weighted by Gasteiger charge is -2.11. The van der Waals surface area contributed by atoms with Crippen molar-refractivity contribution in [2.75, 3.05) is 20.2 Å². The van der Waals surface area contributed by atoms with Crippen LogP contribution in [-0.4, -0.2) is 28.6 Å². The molecule has 1 aromatic rings. The van der Waals surface area contributed by atoms with Gasteiger partial charge in [0.15, 0.2) is 0 Å². The van der Waals surface area contributed by atoms with Crippen LogP contribution in [-0.2, 0) is 10.0 Å². The van der Waals surface area contributed by atoms with E-state index in [0.29, 0.717) is 0 Å². The van der Waals surface area contributed by atoms with Crippen molar-refractivity contribution in [3.05, 3.63) is 22.4 Å². The van der Waals surface area contributed by atoms with Gasteiger partial charge in [-0.05, 0) is 28.1 Å². The average molecular weight is 364 g/mol. The molecule has 9 heteroatoms. The van der Waals surface area contributed by atoms with Crippen molar-refractivity contribution in [2.24, 2.45) is 5.73 Å². The Morgan fingerprint density at radius 3 is 2.61 bits per heavy atom. The van der Waals surface area contributed by atoms with E-state index in [0.717, 1.165) is 6.07 Å². The van der Waals surface area contributed by atoms with E-state index in [9.17, 15) is 12.8 Å². The normalized spacial score (nSPS) is 10.9. The Labute approximate surface area is 119 Å². The lowest BCUT2D eigenvalue weighted by Crippen LogP contribution is -2.29. The van der Waals surface area contributed by atoms with Crippen LogP contribution in [0.25, 0.3) is 0 Å². The number of halogens is 3. The summed E-state index contributed by atoms with van der Waals surface area (Å²) in [5, 5.41) is 0. The predicted molar refractivity (Wildman–Crippen MR) is 72.1 cm³/mol. The second-order valence-corrected chi connectivity index (χ2v) is 5.69. The molecule has 0 heterocycles. The molecule has 0 fully saturated rings. The first-order valence-electron chi connectivity index (χ1n) is 4.65. The lowest BCUT2D eigenvalue weighted by atomic mass is 10.3. The first-order valence-corrected chi connectivity index (χ1v) is 6.92. The van der Waals surface area contributed by atoms with Crippen molar-refractivity contribution < 1.29 is 17.5 Å². The number of hydrogen-bond donors (Lipinski definition) is 2. The Morgan fingerprint density at radius 1 is 1.50 bits per heavy atom. The van der Waals surface area contributed by atoms with Crippen molar-refractivity contribution >= 4 is 38.4 Å². The van der Waals surface area contributed by atoms with Gasteiger partial charge in [0.2, 0.25) is 10.0 Å². The van der Waals surface area contributed by atoms with Crippen LogP contribution in [0.2, 0.25) is 0 Å². The van der Waals surface area contributed by atoms with Gasteiger partial charge in [-0.2, -0.15) is 0 Å². The molecule has 0 aliphatic carbocycles. The third kappa shape index (κ3) is 4.06. The van der Waals surface area contributed by atoms with E-state index in [2.05, 4.69) is 20.7 Å². The van der Waals surface area contributed by atoms with Crippen LogP contribution in [0.3, 0.4) is 0 Å². The Balaban J connectivity index is 0.00000289. The largest absolute Gasteiger partial charge is 0.495 e. The molecule has 0 aromatic heterocycles. The highest BCUT2D eigenvalue weighted by Crippen LogP contribution is 2.29. The molecule has 0 amide bonds. The third-order valence-corrected chi connectivity index (χ3v) is 4.02. The van der Waals surface area contributed by atoms with Gasteiger partial charge in [0, 0.05) is 13.1 Å². The van der Waals surface area contributed by atoms with E-state index < -0.39 is 15.8 Å². The first-order chi connectivity index (χ1) is 7.92. The van der Waals surface area contributed by atoms with Gasteiger partial charge in [0.05, 0.1) is 11.6 Å². The Kier molecular flexibility index (Phi) is 7.08. The second kappa shape index (κ2) is 7.25. The maximum Gasteiger partial charge on any atom is 0.244 e. The summed E-state index contributed by atoms with van der Waals surface area (Å²) in [5.41, 5.74) is 5.20. The summed E-state index contributed by atoms with van der Waals surface area (Å²) in [5.74, 6) is -0.623. The van der Waals surface area contributed by atoms with Crippen LogP contribution in [0.1, 0.15) is 0 Å². The number of ether oxygens (including phenoxy) is 1. The average Bonchev–Trinajstić information content (AvgIpc) is 2.29. The van der Waals surface area contributed by atoms with Gasteiger partial charge in [-0.3, -0.25) is 0 Å². The zero-order valence-electron chi connectivity index (χ0n) is 9.44. The number of rotatable bonds is 5. The van der Waals surface area contributed by atoms with Gasteiger partial charge in [-0.25, -0.2) is 17.5 Å². The topological polar surface area (TPSA) is 81.4 Å². The highest BCUT2D eigenvalue weighted by Gasteiger charge is 2.21. The molecular formula is C9H13BrClFN2O3S. The molecule has 0 saturated carbocycles. The minimum Gasteiger partial charge on any atom is -0.495 e. The van der Waals surface area contributed by atoms with Crippen LogP contribution >= 0.6 is 28.3 Å². The Morgan fingerprint density at radius 2 is 2.11 bits per heavy atom. The van der Waals surface area contributed by atoms with Crippen LogP contribution in [0.15, 0.2) is 21.5 Å². The molecule has 18 heavy (non-hydrogen) atoms. The molecule has 0 bridgehead atoms. The highest BCUT2D eigenvalue weighted by molar-refractivity contribution is 9.10. The molecule has 0 atom stereocenters. The molecule has 0 aliphatic heterocycles. The monoisotopic (exact) mass is 362 g/mol. The van der Waals surface area contributed by atoms with Gasteiger partial charge in [0.25, 0.3) is 0 Å². The van der Waals surface area contributed by atoms with Crippen molar-refractivity contribution in [1.82, 2.24) is 4.72 Å². The molecule has 1 rings (SSSR count). The van der Waals surface area contributed by atoms with E-state index in [1.54, 1.807) is 0 Å². The number of benzene rings is 1. The van der Waals surface area contributed by atoms with Crippen LogP contribution < -0.4 is 15.2 Å². The zero-order chi connectivity index (χ0) is 13.1. The number of nitrogens with two attached hydrogens (primary N) is 1. The van der Waals surface area contributed by atoms with Gasteiger partial charge in [0.1, 0.15) is 16.5 Å². The summed E-state index contributed by atoms with van der Waals surface area (Å²) in [6.45, 7) is 0.226. The standard InChI is InChI=1S/C9H12BrFN2O3S.ClH/c1-16-8-4-6(10)7(11)5-9(8)17(14,15)13-3-2-12;/h4-5,13H,2-3,12H2,1H3;1H. The molecule has 0 aliphatic rings. The van der Waals surface area contributed by atoms with E-state index in [4.69, 9.17) is 10.5 Å². The quantitative estimate of drug-likeness (QED) is 0.825. The number of hydrogen-bond acceptors (Lipinski definition) is 4. The third-order valence-electron chi connectivity index (χ3n) is 1.93. The summed E-state index contributed by atoms with van der Waals surface area (Å²) in [7, 11) is -2.51. The fourth-order valence-corrected chi connectivity index (χ4v) is 2.68. The molecule has 104 valence electrons. The van der Waals surface area contributed by atoms with E-state index in [-0.39, 0.29) is 40.6 Å². The van der Waals surface area contributed by atoms with E-state index in [1.807, 2.05) is 0 Å². The van der Waals surface area contributed by atoms with Crippen molar-refractivity contribution in [3.8, 4) is 5.75 Å². The predicted octanol–water partition coefficient (Wildman–Crippen LogP) is 1.26. The lowest BCUT2D eigenvalue weighted by molar-refractivity contribution is 0.400. The molecule has 0 radical (unpaired) electrons. The smallest absolute Gasteiger partial charge is 0.244 e. The van der Waals surface area contributed by atoms with Gasteiger partial charge >= 0.3 is 0 Å². The van der Waals surface area contributed by atoms with Crippen LogP contribution in [0, 0.1) is 5.82 Å². The molecule has 0 spiro atoms. The summed E-state index contributed by atoms with van der Waals surface area (Å²) in [4.78, 5) is -0.255. The maximum atomic E-state index is 13.3. The number of methoxy groups -OCH3 is 1. The summed E-state index contributed by atoms with van der Waals surface area (Å²) < 4.78 is 44.2. The van der Waals surface area contributed by atoms with Crippen LogP contribution in [0.5, 0.6) is 5.75 Å². The molecule has 1 aromatic carbocycles. The van der Waals surface area contributed by atoms with E-state index >= 15 is 0 Å². The molecule has 3 N–H and O–H groups in total. The number of nitrogens with one attached hydrogen (secondary N) is 1. The minimum atomic E-state index is -3.82. The highest BCUT2D eigenvalue weighted by atomic mass is 79.9. The zero-order valence-corrected chi connectivity index (χ0v) is 12.7. The fourth-order valence-electron chi connectivity index (χ4n) is 1.15. The molecule has 0 unspecified atom stereocenters. The van der Waals surface area contributed by atoms with E-state index in [1.165, 1.54) is 13.2 Å². The SMILES string of the molecule is COc1cc(Br)c(F)cc1S(=O)(=O)NCCN.Cl. The Bertz CT molecular complexity index is 513. The summed E-state index contributed by atoms with van der Waals surface area (Å²) in [6, 6.07) is 2.15. The summed E-state index contributed by atoms with van der Waals surface area (Å²) >= 11 is 2.95. The van der Waals surface area contributed by atoms with Crippen molar-refractivity contribution in [3.63, 3.8) is 0 Å². The Hall–Kier alpha value is -0.410. The number of sulfonamides is 1. The molecule has 0 saturated heterocycles. The first kappa shape index (κ1) is 17.6. The molecule has 5 nitrogen and oxygen atoms in total. The molecular weight excluding hydrogens is 351 g/mol. The van der Waals surface area contributed by atoms with Crippen LogP contribution in [0.4, 0.5) is 4.39 Å². The van der Waals surface area contributed by atoms with Crippen molar-refractivity contribution in [1.29, 1.82) is 0 Å². The van der Waals surface area contributed by atoms with Crippen molar-refractivity contribution in [2.45, 2.75) is 4.90 Å². The van der Waals surface area contributed by atoms with Gasteiger partial charge in [-0.1, -0.05) is 0 Å². The summed E-state index contributed by atoms with van der Waals surface area (Å²) in [6.07, 6.45) is 0. The second-order valence-electron chi connectivity index (χ2n) is 3.10.